The fraction of sp³-hybridized carbons (Fsp3) is 0.500. The van der Waals surface area contributed by atoms with Crippen LogP contribution in [0.5, 0.6) is 0 Å². The molecule has 1 aliphatic rings. The van der Waals surface area contributed by atoms with E-state index in [1.807, 2.05) is 6.08 Å². The molecule has 0 saturated carbocycles. The lowest BCUT2D eigenvalue weighted by Crippen LogP contribution is -2.51. The van der Waals surface area contributed by atoms with E-state index in [1.165, 1.54) is 0 Å². The lowest BCUT2D eigenvalue weighted by atomic mass is 9.97. The maximum atomic E-state index is 10.4. The standard InChI is InChI=1S/C8H12N2O4/c11-7(12)9-5-3-1-2-4-6(5)10-8(13)14/h1,3,5-6,9-10H,2,4H2,(H,11,12)(H,13,14)/t5-,6-/m0/s1. The normalized spacial score (nSPS) is 25.4. The summed E-state index contributed by atoms with van der Waals surface area (Å²) >= 11 is 0. The van der Waals surface area contributed by atoms with Gasteiger partial charge in [-0.25, -0.2) is 9.59 Å². The molecule has 2 atom stereocenters. The van der Waals surface area contributed by atoms with E-state index < -0.39 is 18.2 Å². The molecule has 6 heteroatoms. The highest BCUT2D eigenvalue weighted by molar-refractivity contribution is 5.67. The molecule has 0 unspecified atom stereocenters. The summed E-state index contributed by atoms with van der Waals surface area (Å²) in [6, 6.07) is -0.856. The molecule has 78 valence electrons. The van der Waals surface area contributed by atoms with Gasteiger partial charge in [0.1, 0.15) is 0 Å². The topological polar surface area (TPSA) is 98.7 Å². The van der Waals surface area contributed by atoms with Gasteiger partial charge in [-0.05, 0) is 12.8 Å². The quantitative estimate of drug-likeness (QED) is 0.491. The van der Waals surface area contributed by atoms with Crippen molar-refractivity contribution >= 4 is 12.2 Å². The van der Waals surface area contributed by atoms with E-state index in [9.17, 15) is 9.59 Å². The summed E-state index contributed by atoms with van der Waals surface area (Å²) < 4.78 is 0. The van der Waals surface area contributed by atoms with Gasteiger partial charge in [-0.1, -0.05) is 12.2 Å². The Kier molecular flexibility index (Phi) is 3.33. The minimum Gasteiger partial charge on any atom is -0.465 e. The second kappa shape index (κ2) is 4.50. The molecular formula is C8H12N2O4. The highest BCUT2D eigenvalue weighted by Gasteiger charge is 2.24. The third-order valence-corrected chi connectivity index (χ3v) is 2.02. The molecule has 1 aliphatic carbocycles. The Bertz CT molecular complexity index is 264. The van der Waals surface area contributed by atoms with E-state index in [1.54, 1.807) is 6.08 Å². The van der Waals surface area contributed by atoms with Gasteiger partial charge in [0.2, 0.25) is 0 Å². The number of hydrogen-bond acceptors (Lipinski definition) is 2. The van der Waals surface area contributed by atoms with Crippen LogP contribution in [-0.2, 0) is 0 Å². The molecule has 4 N–H and O–H groups in total. The Morgan fingerprint density at radius 2 is 1.86 bits per heavy atom. The molecule has 6 nitrogen and oxygen atoms in total. The Balaban J connectivity index is 2.57. The van der Waals surface area contributed by atoms with Gasteiger partial charge in [0.15, 0.2) is 0 Å². The van der Waals surface area contributed by atoms with Crippen molar-refractivity contribution in [3.63, 3.8) is 0 Å². The van der Waals surface area contributed by atoms with Crippen LogP contribution >= 0.6 is 0 Å². The maximum absolute atomic E-state index is 10.4. The molecule has 0 spiro atoms. The Hall–Kier alpha value is -1.72. The number of allylic oxidation sites excluding steroid dienone is 1. The van der Waals surface area contributed by atoms with Crippen LogP contribution < -0.4 is 10.6 Å². The summed E-state index contributed by atoms with van der Waals surface area (Å²) in [6.45, 7) is 0. The van der Waals surface area contributed by atoms with E-state index in [-0.39, 0.29) is 6.04 Å². The van der Waals surface area contributed by atoms with Gasteiger partial charge in [-0.3, -0.25) is 0 Å². The van der Waals surface area contributed by atoms with Crippen LogP contribution in [-0.4, -0.2) is 34.5 Å². The van der Waals surface area contributed by atoms with Gasteiger partial charge < -0.3 is 20.8 Å². The van der Waals surface area contributed by atoms with Gasteiger partial charge in [0.25, 0.3) is 0 Å². The minimum atomic E-state index is -1.15. The lowest BCUT2D eigenvalue weighted by molar-refractivity contribution is 0.177. The van der Waals surface area contributed by atoms with Crippen molar-refractivity contribution in [2.75, 3.05) is 0 Å². The molecule has 0 bridgehead atoms. The first-order valence-corrected chi connectivity index (χ1v) is 4.25. The number of amides is 2. The van der Waals surface area contributed by atoms with Gasteiger partial charge in [-0.2, -0.15) is 0 Å². The van der Waals surface area contributed by atoms with E-state index >= 15 is 0 Å². The van der Waals surface area contributed by atoms with Crippen molar-refractivity contribution in [1.82, 2.24) is 10.6 Å². The maximum Gasteiger partial charge on any atom is 0.405 e. The first kappa shape index (κ1) is 10.4. The van der Waals surface area contributed by atoms with E-state index in [0.717, 1.165) is 6.42 Å². The molecule has 2 amide bonds. The number of nitrogens with one attached hydrogen (secondary N) is 2. The molecule has 0 saturated heterocycles. The van der Waals surface area contributed by atoms with Gasteiger partial charge in [0, 0.05) is 0 Å². The highest BCUT2D eigenvalue weighted by atomic mass is 16.4. The molecule has 0 heterocycles. The van der Waals surface area contributed by atoms with Gasteiger partial charge in [0.05, 0.1) is 12.1 Å². The van der Waals surface area contributed by atoms with E-state index in [2.05, 4.69) is 10.6 Å². The summed E-state index contributed by atoms with van der Waals surface area (Å²) in [5.74, 6) is 0. The average Bonchev–Trinajstić information content (AvgIpc) is 2.06. The largest absolute Gasteiger partial charge is 0.465 e. The Labute approximate surface area is 80.6 Å². The molecule has 0 aromatic rings. The number of carbonyl (C=O) groups is 2. The molecule has 0 aromatic carbocycles. The summed E-state index contributed by atoms with van der Waals surface area (Å²) in [7, 11) is 0. The zero-order valence-corrected chi connectivity index (χ0v) is 7.43. The smallest absolute Gasteiger partial charge is 0.405 e. The predicted octanol–water partition coefficient (Wildman–Crippen LogP) is 0.609. The molecule has 0 fully saturated rings. The van der Waals surface area contributed by atoms with Crippen LogP contribution in [0.2, 0.25) is 0 Å². The van der Waals surface area contributed by atoms with Crippen LogP contribution in [0.15, 0.2) is 12.2 Å². The van der Waals surface area contributed by atoms with Crippen molar-refractivity contribution < 1.29 is 19.8 Å². The summed E-state index contributed by atoms with van der Waals surface area (Å²) in [4.78, 5) is 20.8. The van der Waals surface area contributed by atoms with Crippen LogP contribution in [0.3, 0.4) is 0 Å². The van der Waals surface area contributed by atoms with E-state index in [0.29, 0.717) is 6.42 Å². The summed E-state index contributed by atoms with van der Waals surface area (Å²) in [5, 5.41) is 21.5. The van der Waals surface area contributed by atoms with Crippen molar-refractivity contribution in [2.24, 2.45) is 0 Å². The highest BCUT2D eigenvalue weighted by Crippen LogP contribution is 2.11. The lowest BCUT2D eigenvalue weighted by Gasteiger charge is -2.27. The first-order chi connectivity index (χ1) is 6.59. The molecule has 0 aliphatic heterocycles. The fourth-order valence-electron chi connectivity index (χ4n) is 1.44. The van der Waals surface area contributed by atoms with Gasteiger partial charge in [-0.15, -0.1) is 0 Å². The van der Waals surface area contributed by atoms with Crippen LogP contribution in [0.4, 0.5) is 9.59 Å². The van der Waals surface area contributed by atoms with Crippen LogP contribution in [0.25, 0.3) is 0 Å². The van der Waals surface area contributed by atoms with Crippen molar-refractivity contribution in [1.29, 1.82) is 0 Å². The van der Waals surface area contributed by atoms with Crippen LogP contribution in [0, 0.1) is 0 Å². The zero-order valence-electron chi connectivity index (χ0n) is 7.43. The first-order valence-electron chi connectivity index (χ1n) is 4.25. The molecular weight excluding hydrogens is 188 g/mol. The second-order valence-electron chi connectivity index (χ2n) is 3.04. The summed E-state index contributed by atoms with van der Waals surface area (Å²) in [6.07, 6.45) is 2.57. The third-order valence-electron chi connectivity index (χ3n) is 2.02. The minimum absolute atomic E-state index is 0.381. The monoisotopic (exact) mass is 200 g/mol. The Morgan fingerprint density at radius 1 is 1.21 bits per heavy atom. The second-order valence-corrected chi connectivity index (χ2v) is 3.04. The van der Waals surface area contributed by atoms with Gasteiger partial charge >= 0.3 is 12.2 Å². The fourth-order valence-corrected chi connectivity index (χ4v) is 1.44. The van der Waals surface area contributed by atoms with Crippen LogP contribution in [0.1, 0.15) is 12.8 Å². The van der Waals surface area contributed by atoms with Crippen molar-refractivity contribution in [3.05, 3.63) is 12.2 Å². The predicted molar refractivity (Wildman–Crippen MR) is 48.3 cm³/mol. The van der Waals surface area contributed by atoms with Crippen molar-refractivity contribution in [2.45, 2.75) is 24.9 Å². The van der Waals surface area contributed by atoms with E-state index in [4.69, 9.17) is 10.2 Å². The number of hydrogen-bond donors (Lipinski definition) is 4. The number of carboxylic acid groups (broad SMARTS) is 2. The zero-order chi connectivity index (χ0) is 10.6. The van der Waals surface area contributed by atoms with Crippen molar-refractivity contribution in [3.8, 4) is 0 Å². The third kappa shape index (κ3) is 2.96. The average molecular weight is 200 g/mol. The summed E-state index contributed by atoms with van der Waals surface area (Å²) in [5.41, 5.74) is 0. The molecule has 0 aromatic heterocycles. The Morgan fingerprint density at radius 3 is 2.43 bits per heavy atom. The number of rotatable bonds is 2. The molecule has 1 rings (SSSR count). The SMILES string of the molecule is O=C(O)N[C@H]1C=CCC[C@@H]1NC(=O)O. The molecule has 0 radical (unpaired) electrons. The molecule has 14 heavy (non-hydrogen) atoms.